The third-order valence-corrected chi connectivity index (χ3v) is 5.72. The maximum atomic E-state index is 9.79. The van der Waals surface area contributed by atoms with Crippen molar-refractivity contribution in [1.82, 2.24) is 19.5 Å². The van der Waals surface area contributed by atoms with Crippen LogP contribution in [0, 0.1) is 12.8 Å². The van der Waals surface area contributed by atoms with Crippen LogP contribution in [-0.2, 0) is 13.1 Å². The molecule has 2 aromatic heterocycles. The van der Waals surface area contributed by atoms with Crippen LogP contribution in [0.1, 0.15) is 30.5 Å². The SMILES string of the molecule is Cc1ccc(CNc2nc(NC(CO)C(C)C)nc3c2ncn3Cc2ccccc2)c(N)c1. The number of hydrogen-bond donors (Lipinski definition) is 4. The summed E-state index contributed by atoms with van der Waals surface area (Å²) in [6.07, 6.45) is 1.79. The summed E-state index contributed by atoms with van der Waals surface area (Å²) in [5, 5.41) is 16.5. The number of imidazole rings is 1. The standard InChI is InChI=1S/C25H31N7O/c1-16(2)21(14-33)29-25-30-23(27-12-19-10-9-17(3)11-20(19)26)22-24(31-25)32(15-28-22)13-18-7-5-4-6-8-18/h4-11,15-16,21,33H,12-14,26H2,1-3H3,(H2,27,29,30,31). The number of anilines is 3. The van der Waals surface area contributed by atoms with Crippen LogP contribution in [0.5, 0.6) is 0 Å². The highest BCUT2D eigenvalue weighted by atomic mass is 16.3. The van der Waals surface area contributed by atoms with E-state index in [1.807, 2.05) is 61.7 Å². The molecule has 0 bridgehead atoms. The van der Waals surface area contributed by atoms with E-state index in [4.69, 9.17) is 15.7 Å². The number of nitrogen functional groups attached to an aromatic ring is 1. The summed E-state index contributed by atoms with van der Waals surface area (Å²) < 4.78 is 2.01. The molecule has 0 aliphatic rings. The summed E-state index contributed by atoms with van der Waals surface area (Å²) in [5.74, 6) is 1.28. The van der Waals surface area contributed by atoms with E-state index < -0.39 is 0 Å². The van der Waals surface area contributed by atoms with Gasteiger partial charge in [-0.05, 0) is 35.6 Å². The second-order valence-electron chi connectivity index (χ2n) is 8.66. The zero-order valence-corrected chi connectivity index (χ0v) is 19.3. The highest BCUT2D eigenvalue weighted by molar-refractivity contribution is 5.84. The molecule has 0 saturated carbocycles. The molecule has 33 heavy (non-hydrogen) atoms. The average molecular weight is 446 g/mol. The first-order valence-electron chi connectivity index (χ1n) is 11.2. The van der Waals surface area contributed by atoms with Gasteiger partial charge in [0.2, 0.25) is 5.95 Å². The third kappa shape index (κ3) is 5.23. The fraction of sp³-hybridized carbons (Fsp3) is 0.320. The first kappa shape index (κ1) is 22.5. The predicted molar refractivity (Wildman–Crippen MR) is 133 cm³/mol. The molecular formula is C25H31N7O. The second-order valence-corrected chi connectivity index (χ2v) is 8.66. The molecule has 2 aromatic carbocycles. The van der Waals surface area contributed by atoms with Crippen LogP contribution >= 0.6 is 0 Å². The quantitative estimate of drug-likeness (QED) is 0.290. The molecule has 1 unspecified atom stereocenters. The van der Waals surface area contributed by atoms with Gasteiger partial charge in [0.15, 0.2) is 17.0 Å². The molecule has 0 spiro atoms. The van der Waals surface area contributed by atoms with Crippen molar-refractivity contribution >= 4 is 28.6 Å². The van der Waals surface area contributed by atoms with Crippen LogP contribution in [0.4, 0.5) is 17.5 Å². The lowest BCUT2D eigenvalue weighted by Crippen LogP contribution is -2.30. The first-order chi connectivity index (χ1) is 15.9. The Morgan fingerprint density at radius 3 is 2.58 bits per heavy atom. The zero-order valence-electron chi connectivity index (χ0n) is 19.3. The van der Waals surface area contributed by atoms with E-state index in [1.165, 1.54) is 0 Å². The number of benzene rings is 2. The van der Waals surface area contributed by atoms with E-state index in [2.05, 4.69) is 27.8 Å². The Labute approximate surface area is 193 Å². The Balaban J connectivity index is 1.70. The summed E-state index contributed by atoms with van der Waals surface area (Å²) in [4.78, 5) is 14.0. The van der Waals surface area contributed by atoms with Gasteiger partial charge in [-0.15, -0.1) is 0 Å². The van der Waals surface area contributed by atoms with Gasteiger partial charge in [-0.25, -0.2) is 4.98 Å². The average Bonchev–Trinajstić information content (AvgIpc) is 3.20. The van der Waals surface area contributed by atoms with Gasteiger partial charge >= 0.3 is 0 Å². The topological polar surface area (TPSA) is 114 Å². The zero-order chi connectivity index (χ0) is 23.4. The minimum Gasteiger partial charge on any atom is -0.398 e. The monoisotopic (exact) mass is 445 g/mol. The lowest BCUT2D eigenvalue weighted by molar-refractivity contribution is 0.248. The van der Waals surface area contributed by atoms with Gasteiger partial charge in [0.25, 0.3) is 0 Å². The summed E-state index contributed by atoms with van der Waals surface area (Å²) >= 11 is 0. The number of aromatic nitrogens is 4. The van der Waals surface area contributed by atoms with Crippen molar-refractivity contribution in [2.24, 2.45) is 5.92 Å². The Hall–Kier alpha value is -3.65. The maximum Gasteiger partial charge on any atom is 0.227 e. The second kappa shape index (κ2) is 9.87. The Morgan fingerprint density at radius 2 is 1.88 bits per heavy atom. The molecule has 4 aromatic rings. The van der Waals surface area contributed by atoms with Gasteiger partial charge in [-0.2, -0.15) is 9.97 Å². The minimum atomic E-state index is -0.159. The first-order valence-corrected chi connectivity index (χ1v) is 11.2. The summed E-state index contributed by atoms with van der Waals surface area (Å²) in [6.45, 7) is 7.26. The van der Waals surface area contributed by atoms with Crippen molar-refractivity contribution < 1.29 is 5.11 Å². The van der Waals surface area contributed by atoms with E-state index in [0.29, 0.717) is 30.4 Å². The molecule has 0 aliphatic carbocycles. The number of fused-ring (bicyclic) bond motifs is 1. The number of nitrogens with one attached hydrogen (secondary N) is 2. The molecule has 0 amide bonds. The molecule has 1 atom stereocenters. The number of rotatable bonds is 9. The van der Waals surface area contributed by atoms with Crippen LogP contribution in [0.3, 0.4) is 0 Å². The lowest BCUT2D eigenvalue weighted by atomic mass is 10.1. The summed E-state index contributed by atoms with van der Waals surface area (Å²) in [6, 6.07) is 16.0. The largest absolute Gasteiger partial charge is 0.398 e. The van der Waals surface area contributed by atoms with Crippen LogP contribution < -0.4 is 16.4 Å². The number of nitrogens with zero attached hydrogens (tertiary/aromatic N) is 4. The highest BCUT2D eigenvalue weighted by Gasteiger charge is 2.18. The van der Waals surface area contributed by atoms with Crippen molar-refractivity contribution in [3.05, 3.63) is 71.5 Å². The van der Waals surface area contributed by atoms with Gasteiger partial charge < -0.3 is 26.0 Å². The maximum absolute atomic E-state index is 9.79. The van der Waals surface area contributed by atoms with E-state index in [9.17, 15) is 5.11 Å². The van der Waals surface area contributed by atoms with Crippen LogP contribution in [0.2, 0.25) is 0 Å². The third-order valence-electron chi connectivity index (χ3n) is 5.72. The normalized spacial score (nSPS) is 12.3. The number of hydrogen-bond acceptors (Lipinski definition) is 7. The molecule has 0 aliphatic heterocycles. The molecular weight excluding hydrogens is 414 g/mol. The predicted octanol–water partition coefficient (Wildman–Crippen LogP) is 3.81. The molecule has 0 radical (unpaired) electrons. The highest BCUT2D eigenvalue weighted by Crippen LogP contribution is 2.24. The number of aryl methyl sites for hydroxylation is 1. The Bertz CT molecular complexity index is 1220. The van der Waals surface area contributed by atoms with E-state index >= 15 is 0 Å². The molecule has 172 valence electrons. The van der Waals surface area contributed by atoms with Crippen molar-refractivity contribution in [2.45, 2.75) is 39.9 Å². The van der Waals surface area contributed by atoms with Crippen molar-refractivity contribution in [3.8, 4) is 0 Å². The van der Waals surface area contributed by atoms with Crippen LogP contribution in [0.25, 0.3) is 11.2 Å². The summed E-state index contributed by atoms with van der Waals surface area (Å²) in [5.41, 5.74) is 11.6. The van der Waals surface area contributed by atoms with Crippen LogP contribution in [-0.4, -0.2) is 37.3 Å². The summed E-state index contributed by atoms with van der Waals surface area (Å²) in [7, 11) is 0. The molecule has 5 N–H and O–H groups in total. The molecule has 8 heteroatoms. The molecule has 0 saturated heterocycles. The smallest absolute Gasteiger partial charge is 0.227 e. The van der Waals surface area contributed by atoms with Crippen molar-refractivity contribution in [1.29, 1.82) is 0 Å². The van der Waals surface area contributed by atoms with Crippen molar-refractivity contribution in [3.63, 3.8) is 0 Å². The van der Waals surface area contributed by atoms with Gasteiger partial charge in [0, 0.05) is 12.2 Å². The number of aliphatic hydroxyl groups is 1. The fourth-order valence-electron chi connectivity index (χ4n) is 3.67. The van der Waals surface area contributed by atoms with Gasteiger partial charge in [-0.3, -0.25) is 0 Å². The molecule has 8 nitrogen and oxygen atoms in total. The van der Waals surface area contributed by atoms with Gasteiger partial charge in [0.05, 0.1) is 25.5 Å². The van der Waals surface area contributed by atoms with Crippen LogP contribution in [0.15, 0.2) is 54.9 Å². The Morgan fingerprint density at radius 1 is 1.09 bits per heavy atom. The lowest BCUT2D eigenvalue weighted by Gasteiger charge is -2.20. The minimum absolute atomic E-state index is 0.00893. The number of nitrogens with two attached hydrogens (primary N) is 1. The van der Waals surface area contributed by atoms with E-state index in [-0.39, 0.29) is 18.6 Å². The van der Waals surface area contributed by atoms with Crippen molar-refractivity contribution in [2.75, 3.05) is 23.0 Å². The Kier molecular flexibility index (Phi) is 6.74. The molecule has 2 heterocycles. The van der Waals surface area contributed by atoms with E-state index in [1.54, 1.807) is 6.33 Å². The fourth-order valence-corrected chi connectivity index (χ4v) is 3.67. The van der Waals surface area contributed by atoms with Gasteiger partial charge in [0.1, 0.15) is 0 Å². The molecule has 4 rings (SSSR count). The number of aliphatic hydroxyl groups excluding tert-OH is 1. The molecule has 0 fully saturated rings. The van der Waals surface area contributed by atoms with Gasteiger partial charge in [-0.1, -0.05) is 56.3 Å². The van der Waals surface area contributed by atoms with E-state index in [0.717, 1.165) is 28.0 Å².